The lowest BCUT2D eigenvalue weighted by Crippen LogP contribution is -2.46. The van der Waals surface area contributed by atoms with E-state index in [1.165, 1.54) is 5.56 Å². The minimum Gasteiger partial charge on any atom is -0.354 e. The van der Waals surface area contributed by atoms with Crippen LogP contribution in [0.5, 0.6) is 0 Å². The lowest BCUT2D eigenvalue weighted by atomic mass is 9.85. The predicted octanol–water partition coefficient (Wildman–Crippen LogP) is 2.35. The molecule has 0 radical (unpaired) electrons. The van der Waals surface area contributed by atoms with Crippen molar-refractivity contribution in [3.05, 3.63) is 35.9 Å². The maximum Gasteiger partial charge on any atom is 0.237 e. The summed E-state index contributed by atoms with van der Waals surface area (Å²) in [6.07, 6.45) is 0.936. The van der Waals surface area contributed by atoms with Gasteiger partial charge >= 0.3 is 0 Å². The number of carbonyl (C=O) groups is 1. The van der Waals surface area contributed by atoms with Crippen LogP contribution in [0.3, 0.4) is 0 Å². The normalized spacial score (nSPS) is 13.4. The highest BCUT2D eigenvalue weighted by molar-refractivity contribution is 5.81. The number of amides is 1. The van der Waals surface area contributed by atoms with E-state index in [-0.39, 0.29) is 17.2 Å². The summed E-state index contributed by atoms with van der Waals surface area (Å²) >= 11 is 0. The molecule has 0 spiro atoms. The van der Waals surface area contributed by atoms with E-state index in [0.717, 1.165) is 6.42 Å². The van der Waals surface area contributed by atoms with E-state index in [0.29, 0.717) is 6.54 Å². The Morgan fingerprint density at radius 3 is 2.37 bits per heavy atom. The molecule has 0 saturated carbocycles. The van der Waals surface area contributed by atoms with Crippen LogP contribution in [0.4, 0.5) is 0 Å². The Kier molecular flexibility index (Phi) is 5.55. The third-order valence-corrected chi connectivity index (χ3v) is 3.29. The van der Waals surface area contributed by atoms with Gasteiger partial charge < -0.3 is 11.1 Å². The van der Waals surface area contributed by atoms with Crippen LogP contribution in [0.15, 0.2) is 30.3 Å². The molecular formula is C16H26N2O. The van der Waals surface area contributed by atoms with Crippen molar-refractivity contribution in [2.45, 2.75) is 40.2 Å². The zero-order valence-electron chi connectivity index (χ0n) is 12.4. The summed E-state index contributed by atoms with van der Waals surface area (Å²) in [5.41, 5.74) is 7.14. The van der Waals surface area contributed by atoms with Crippen LogP contribution in [0.25, 0.3) is 0 Å². The summed E-state index contributed by atoms with van der Waals surface area (Å²) < 4.78 is 0. The Hall–Kier alpha value is -1.35. The van der Waals surface area contributed by atoms with Gasteiger partial charge in [0.25, 0.3) is 0 Å². The molecule has 0 aliphatic carbocycles. The van der Waals surface area contributed by atoms with Gasteiger partial charge in [-0.2, -0.15) is 0 Å². The van der Waals surface area contributed by atoms with Gasteiger partial charge in [-0.3, -0.25) is 4.79 Å². The Balaban J connectivity index is 2.49. The van der Waals surface area contributed by atoms with E-state index >= 15 is 0 Å². The van der Waals surface area contributed by atoms with Crippen molar-refractivity contribution in [1.82, 2.24) is 5.32 Å². The maximum absolute atomic E-state index is 11.8. The number of carbonyl (C=O) groups excluding carboxylic acids is 1. The number of hydrogen-bond donors (Lipinski definition) is 2. The van der Waals surface area contributed by atoms with Crippen LogP contribution in [0, 0.1) is 11.3 Å². The van der Waals surface area contributed by atoms with E-state index in [2.05, 4.69) is 31.3 Å². The average molecular weight is 262 g/mol. The fraction of sp³-hybridized carbons (Fsp3) is 0.562. The monoisotopic (exact) mass is 262 g/mol. The van der Waals surface area contributed by atoms with E-state index in [9.17, 15) is 4.79 Å². The van der Waals surface area contributed by atoms with E-state index < -0.39 is 6.04 Å². The molecule has 1 amide bonds. The average Bonchev–Trinajstić information content (AvgIpc) is 2.35. The van der Waals surface area contributed by atoms with Crippen molar-refractivity contribution in [3.63, 3.8) is 0 Å². The van der Waals surface area contributed by atoms with Crippen LogP contribution in [-0.4, -0.2) is 18.5 Å². The summed E-state index contributed by atoms with van der Waals surface area (Å²) in [6.45, 7) is 8.86. The molecule has 0 unspecified atom stereocenters. The van der Waals surface area contributed by atoms with Gasteiger partial charge in [-0.1, -0.05) is 58.0 Å². The van der Waals surface area contributed by atoms with Gasteiger partial charge in [0.05, 0.1) is 6.04 Å². The molecule has 3 nitrogen and oxygen atoms in total. The second kappa shape index (κ2) is 6.71. The van der Waals surface area contributed by atoms with Gasteiger partial charge in [0.15, 0.2) is 0 Å². The van der Waals surface area contributed by atoms with Gasteiger partial charge in [-0.25, -0.2) is 0 Å². The van der Waals surface area contributed by atoms with Gasteiger partial charge in [-0.15, -0.1) is 0 Å². The fourth-order valence-corrected chi connectivity index (χ4v) is 1.96. The zero-order chi connectivity index (χ0) is 14.5. The minimum absolute atomic E-state index is 0.0215. The lowest BCUT2D eigenvalue weighted by Gasteiger charge is -2.26. The molecule has 3 N–H and O–H groups in total. The molecule has 1 aromatic rings. The summed E-state index contributed by atoms with van der Waals surface area (Å²) in [5.74, 6) is 0.105. The topological polar surface area (TPSA) is 55.1 Å². The summed E-state index contributed by atoms with van der Waals surface area (Å²) in [5, 5.41) is 2.96. The molecule has 19 heavy (non-hydrogen) atoms. The minimum atomic E-state index is -0.424. The van der Waals surface area contributed by atoms with Crippen molar-refractivity contribution in [2.24, 2.45) is 17.1 Å². The van der Waals surface area contributed by atoms with Crippen LogP contribution in [0.1, 0.15) is 33.3 Å². The first-order valence-electron chi connectivity index (χ1n) is 6.89. The van der Waals surface area contributed by atoms with Crippen LogP contribution >= 0.6 is 0 Å². The van der Waals surface area contributed by atoms with Crippen molar-refractivity contribution in [1.29, 1.82) is 0 Å². The number of hydrogen-bond acceptors (Lipinski definition) is 2. The molecule has 1 atom stereocenters. The Morgan fingerprint density at radius 1 is 1.26 bits per heavy atom. The first kappa shape index (κ1) is 15.7. The zero-order valence-corrected chi connectivity index (χ0v) is 12.4. The van der Waals surface area contributed by atoms with Gasteiger partial charge in [-0.05, 0) is 23.3 Å². The molecule has 0 aliphatic rings. The molecule has 0 fully saturated rings. The van der Waals surface area contributed by atoms with Crippen LogP contribution in [0.2, 0.25) is 0 Å². The molecule has 3 heteroatoms. The number of nitrogens with one attached hydrogen (secondary N) is 1. The number of rotatable bonds is 6. The number of nitrogens with two attached hydrogens (primary N) is 1. The molecule has 0 saturated heterocycles. The smallest absolute Gasteiger partial charge is 0.237 e. The second-order valence-electron chi connectivity index (χ2n) is 6.31. The van der Waals surface area contributed by atoms with Crippen LogP contribution < -0.4 is 11.1 Å². The summed E-state index contributed by atoms with van der Waals surface area (Å²) in [7, 11) is 0. The van der Waals surface area contributed by atoms with E-state index in [1.807, 2.05) is 32.0 Å². The highest BCUT2D eigenvalue weighted by atomic mass is 16.2. The molecule has 1 rings (SSSR count). The molecular weight excluding hydrogens is 236 g/mol. The molecule has 0 aromatic heterocycles. The number of benzene rings is 1. The molecule has 0 aliphatic heterocycles. The van der Waals surface area contributed by atoms with Gasteiger partial charge in [0.1, 0.15) is 0 Å². The fourth-order valence-electron chi connectivity index (χ4n) is 1.96. The third kappa shape index (κ3) is 5.43. The highest BCUT2D eigenvalue weighted by Gasteiger charge is 2.22. The highest BCUT2D eigenvalue weighted by Crippen LogP contribution is 2.20. The quantitative estimate of drug-likeness (QED) is 0.827. The standard InChI is InChI=1S/C16H26N2O/c1-12(2)14(17)15(19)18-11-16(3,4)10-13-8-6-5-7-9-13/h5-9,12,14H,10-11,17H2,1-4H3,(H,18,19)/t14-/m0/s1. The first-order chi connectivity index (χ1) is 8.82. The van der Waals surface area contributed by atoms with Crippen molar-refractivity contribution >= 4 is 5.91 Å². The Labute approximate surface area is 116 Å². The summed E-state index contributed by atoms with van der Waals surface area (Å²) in [4.78, 5) is 11.8. The Morgan fingerprint density at radius 2 is 1.84 bits per heavy atom. The predicted molar refractivity (Wildman–Crippen MR) is 79.8 cm³/mol. The lowest BCUT2D eigenvalue weighted by molar-refractivity contribution is -0.123. The SMILES string of the molecule is CC(C)[C@H](N)C(=O)NCC(C)(C)Cc1ccccc1. The van der Waals surface area contributed by atoms with E-state index in [1.54, 1.807) is 0 Å². The van der Waals surface area contributed by atoms with E-state index in [4.69, 9.17) is 5.73 Å². The molecule has 1 aromatic carbocycles. The second-order valence-corrected chi connectivity index (χ2v) is 6.31. The molecule has 106 valence electrons. The summed E-state index contributed by atoms with van der Waals surface area (Å²) in [6, 6.07) is 9.90. The maximum atomic E-state index is 11.8. The van der Waals surface area contributed by atoms with Crippen molar-refractivity contribution in [2.75, 3.05) is 6.54 Å². The largest absolute Gasteiger partial charge is 0.354 e. The van der Waals surface area contributed by atoms with Crippen LogP contribution in [-0.2, 0) is 11.2 Å². The Bertz CT molecular complexity index is 398. The molecule has 0 bridgehead atoms. The van der Waals surface area contributed by atoms with Crippen molar-refractivity contribution in [3.8, 4) is 0 Å². The molecule has 0 heterocycles. The van der Waals surface area contributed by atoms with Gasteiger partial charge in [0.2, 0.25) is 5.91 Å². The van der Waals surface area contributed by atoms with Crippen molar-refractivity contribution < 1.29 is 4.79 Å². The first-order valence-corrected chi connectivity index (χ1v) is 6.89. The third-order valence-electron chi connectivity index (χ3n) is 3.29. The van der Waals surface area contributed by atoms with Gasteiger partial charge in [0, 0.05) is 6.54 Å².